The van der Waals surface area contributed by atoms with E-state index in [4.69, 9.17) is 9.05 Å². The lowest BCUT2D eigenvalue weighted by atomic mass is 10.0. The van der Waals surface area contributed by atoms with Crippen molar-refractivity contribution < 1.29 is 28.3 Å². The van der Waals surface area contributed by atoms with Gasteiger partial charge in [0.15, 0.2) is 0 Å². The van der Waals surface area contributed by atoms with E-state index in [-0.39, 0.29) is 31.8 Å². The quantitative estimate of drug-likeness (QED) is 0.105. The van der Waals surface area contributed by atoms with Crippen molar-refractivity contribution in [1.29, 1.82) is 0 Å². The molecule has 0 aliphatic heterocycles. The molecule has 4 aromatic rings. The first-order valence-corrected chi connectivity index (χ1v) is 16.2. The van der Waals surface area contributed by atoms with E-state index < -0.39 is 31.6 Å². The Morgan fingerprint density at radius 1 is 0.860 bits per heavy atom. The number of aromatic amines is 1. The number of carboxylic acids is 1. The molecule has 1 heterocycles. The minimum absolute atomic E-state index is 0.0740. The number of aliphatic carboxylic acids is 1. The van der Waals surface area contributed by atoms with Crippen LogP contribution in [-0.2, 0) is 42.8 Å². The summed E-state index contributed by atoms with van der Waals surface area (Å²) in [5, 5.41) is 16.7. The van der Waals surface area contributed by atoms with Gasteiger partial charge < -0.3 is 24.5 Å². The fourth-order valence-electron chi connectivity index (χ4n) is 4.77. The minimum atomic E-state index is -3.72. The average Bonchev–Trinajstić information content (AvgIpc) is 3.43. The van der Waals surface area contributed by atoms with Crippen molar-refractivity contribution in [3.63, 3.8) is 0 Å². The number of amides is 1. The molecule has 0 bridgehead atoms. The van der Waals surface area contributed by atoms with Crippen LogP contribution in [0.2, 0.25) is 0 Å². The number of rotatable bonds is 17. The molecule has 0 radical (unpaired) electrons. The summed E-state index contributed by atoms with van der Waals surface area (Å²) in [6.07, 6.45) is 2.75. The highest BCUT2D eigenvalue weighted by atomic mass is 31.2. The Bertz CT molecular complexity index is 1460. The standard InChI is InChI=1S/C33H40N3O6P/c1-24(2)19-31(32(37)36-30(33(38)39)18-17-27-20-34-29-16-10-9-15-28(27)29)35-23-43(40,41-21-25-11-5-3-6-12-25)42-22-26-13-7-4-8-14-26/h3-16,20,24,30-31,34-35H,17-19,21-23H2,1-2H3,(H,36,37)(H,38,39)/t30?,31-/m0/s1. The van der Waals surface area contributed by atoms with Gasteiger partial charge in [-0.3, -0.25) is 14.7 Å². The van der Waals surface area contributed by atoms with Gasteiger partial charge in [-0.05, 0) is 47.9 Å². The number of nitrogens with one attached hydrogen (secondary N) is 3. The molecule has 10 heteroatoms. The zero-order valence-electron chi connectivity index (χ0n) is 24.6. The van der Waals surface area contributed by atoms with Gasteiger partial charge in [-0.1, -0.05) is 92.7 Å². The second-order valence-corrected chi connectivity index (χ2v) is 13.0. The number of carboxylic acid groups (broad SMARTS) is 1. The van der Waals surface area contributed by atoms with Gasteiger partial charge in [0, 0.05) is 17.1 Å². The number of carbonyl (C=O) groups is 2. The number of fused-ring (bicyclic) bond motifs is 1. The van der Waals surface area contributed by atoms with Crippen LogP contribution in [0.5, 0.6) is 0 Å². The zero-order chi connectivity index (χ0) is 30.7. The van der Waals surface area contributed by atoms with Gasteiger partial charge in [-0.15, -0.1) is 0 Å². The normalized spacial score (nSPS) is 13.2. The highest BCUT2D eigenvalue weighted by molar-refractivity contribution is 7.53. The number of H-pyrrole nitrogens is 1. The van der Waals surface area contributed by atoms with Crippen molar-refractivity contribution in [2.24, 2.45) is 5.92 Å². The van der Waals surface area contributed by atoms with Crippen LogP contribution in [0.4, 0.5) is 0 Å². The van der Waals surface area contributed by atoms with Gasteiger partial charge in [-0.2, -0.15) is 0 Å². The lowest BCUT2D eigenvalue weighted by Crippen LogP contribution is -2.51. The van der Waals surface area contributed by atoms with Crippen molar-refractivity contribution in [3.05, 3.63) is 108 Å². The Morgan fingerprint density at radius 2 is 1.44 bits per heavy atom. The summed E-state index contributed by atoms with van der Waals surface area (Å²) in [6.45, 7) is 4.07. The molecule has 228 valence electrons. The predicted molar refractivity (Wildman–Crippen MR) is 168 cm³/mol. The van der Waals surface area contributed by atoms with E-state index in [1.54, 1.807) is 0 Å². The van der Waals surface area contributed by atoms with Gasteiger partial charge in [-0.25, -0.2) is 4.79 Å². The summed E-state index contributed by atoms with van der Waals surface area (Å²) in [4.78, 5) is 28.8. The van der Waals surface area contributed by atoms with Crippen LogP contribution < -0.4 is 10.6 Å². The van der Waals surface area contributed by atoms with Crippen LogP contribution in [-0.4, -0.2) is 40.3 Å². The molecular weight excluding hydrogens is 565 g/mol. The van der Waals surface area contributed by atoms with E-state index in [1.165, 1.54) is 0 Å². The van der Waals surface area contributed by atoms with Gasteiger partial charge >= 0.3 is 13.6 Å². The first-order chi connectivity index (χ1) is 20.7. The van der Waals surface area contributed by atoms with E-state index in [2.05, 4.69) is 15.6 Å². The van der Waals surface area contributed by atoms with Crippen LogP contribution in [0.15, 0.2) is 91.1 Å². The number of carbonyl (C=O) groups excluding carboxylic acids is 1. The van der Waals surface area contributed by atoms with Gasteiger partial charge in [0.05, 0.1) is 25.5 Å². The third kappa shape index (κ3) is 9.90. The molecule has 0 aliphatic rings. The molecule has 0 spiro atoms. The van der Waals surface area contributed by atoms with E-state index >= 15 is 0 Å². The smallest absolute Gasteiger partial charge is 0.344 e. The molecule has 4 rings (SSSR count). The van der Waals surface area contributed by atoms with Crippen molar-refractivity contribution >= 4 is 30.4 Å². The summed E-state index contributed by atoms with van der Waals surface area (Å²) in [7, 11) is -3.72. The summed E-state index contributed by atoms with van der Waals surface area (Å²) >= 11 is 0. The van der Waals surface area contributed by atoms with E-state index in [1.807, 2.05) is 105 Å². The lowest BCUT2D eigenvalue weighted by Gasteiger charge is -2.25. The molecule has 0 saturated heterocycles. The third-order valence-electron chi connectivity index (χ3n) is 7.09. The minimum Gasteiger partial charge on any atom is -0.480 e. The van der Waals surface area contributed by atoms with Crippen LogP contribution in [0, 0.1) is 5.92 Å². The average molecular weight is 606 g/mol. The number of aromatic nitrogens is 1. The maximum absolute atomic E-state index is 13.9. The highest BCUT2D eigenvalue weighted by Crippen LogP contribution is 2.48. The summed E-state index contributed by atoms with van der Waals surface area (Å²) in [5.74, 6) is -1.48. The molecule has 43 heavy (non-hydrogen) atoms. The highest BCUT2D eigenvalue weighted by Gasteiger charge is 2.31. The van der Waals surface area contributed by atoms with Crippen molar-refractivity contribution in [1.82, 2.24) is 15.6 Å². The molecule has 2 atom stereocenters. The Hall–Kier alpha value is -3.75. The molecule has 1 amide bonds. The topological polar surface area (TPSA) is 130 Å². The van der Waals surface area contributed by atoms with E-state index in [0.717, 1.165) is 27.6 Å². The Morgan fingerprint density at radius 3 is 2.02 bits per heavy atom. The van der Waals surface area contributed by atoms with Crippen molar-refractivity contribution in [3.8, 4) is 0 Å². The number of para-hydroxylation sites is 1. The van der Waals surface area contributed by atoms with Crippen LogP contribution in [0.3, 0.4) is 0 Å². The van der Waals surface area contributed by atoms with Crippen molar-refractivity contribution in [2.45, 2.75) is 58.4 Å². The van der Waals surface area contributed by atoms with E-state index in [0.29, 0.717) is 12.8 Å². The fourth-order valence-corrected chi connectivity index (χ4v) is 6.16. The number of aryl methyl sites for hydroxylation is 1. The summed E-state index contributed by atoms with van der Waals surface area (Å²) < 4.78 is 25.6. The largest absolute Gasteiger partial charge is 0.480 e. The Labute approximate surface area is 252 Å². The first kappa shape index (κ1) is 32.2. The lowest BCUT2D eigenvalue weighted by molar-refractivity contribution is -0.142. The molecular formula is C33H40N3O6P. The van der Waals surface area contributed by atoms with Crippen LogP contribution in [0.25, 0.3) is 10.9 Å². The molecule has 1 aromatic heterocycles. The molecule has 1 unspecified atom stereocenters. The number of hydrogen-bond acceptors (Lipinski definition) is 6. The molecule has 0 fully saturated rings. The summed E-state index contributed by atoms with van der Waals surface area (Å²) in [6, 6.07) is 24.6. The first-order valence-electron chi connectivity index (χ1n) is 14.5. The maximum atomic E-state index is 13.9. The molecule has 9 nitrogen and oxygen atoms in total. The second-order valence-electron chi connectivity index (χ2n) is 11.0. The Balaban J connectivity index is 1.42. The zero-order valence-corrected chi connectivity index (χ0v) is 25.5. The molecule has 4 N–H and O–H groups in total. The monoisotopic (exact) mass is 605 g/mol. The number of benzene rings is 3. The molecule has 0 aliphatic carbocycles. The fraction of sp³-hybridized carbons (Fsp3) is 0.333. The SMILES string of the molecule is CC(C)C[C@H](NCP(=O)(OCc1ccccc1)OCc1ccccc1)C(=O)NC(CCc1c[nH]c2ccccc12)C(=O)O. The molecule has 0 saturated carbocycles. The number of hydrogen-bond donors (Lipinski definition) is 4. The molecule has 3 aromatic carbocycles. The van der Waals surface area contributed by atoms with Crippen molar-refractivity contribution in [2.75, 3.05) is 6.29 Å². The van der Waals surface area contributed by atoms with Gasteiger partial charge in [0.2, 0.25) is 5.91 Å². The van der Waals surface area contributed by atoms with Gasteiger partial charge in [0.25, 0.3) is 0 Å². The Kier molecular flexibility index (Phi) is 11.7. The van der Waals surface area contributed by atoms with Crippen LogP contribution >= 0.6 is 7.60 Å². The second kappa shape index (κ2) is 15.6. The van der Waals surface area contributed by atoms with E-state index in [9.17, 15) is 19.3 Å². The maximum Gasteiger partial charge on any atom is 0.344 e. The summed E-state index contributed by atoms with van der Waals surface area (Å²) in [5.41, 5.74) is 3.63. The van der Waals surface area contributed by atoms with Crippen LogP contribution in [0.1, 0.15) is 43.4 Å². The van der Waals surface area contributed by atoms with Gasteiger partial charge in [0.1, 0.15) is 6.04 Å². The predicted octanol–water partition coefficient (Wildman–Crippen LogP) is 6.26. The third-order valence-corrected chi connectivity index (χ3v) is 8.70.